The van der Waals surface area contributed by atoms with Crippen LogP contribution in [-0.4, -0.2) is 5.78 Å². The van der Waals surface area contributed by atoms with Crippen LogP contribution in [0.2, 0.25) is 0 Å². The summed E-state index contributed by atoms with van der Waals surface area (Å²) in [4.78, 5) is 11.5. The summed E-state index contributed by atoms with van der Waals surface area (Å²) in [5, 5.41) is 0. The van der Waals surface area contributed by atoms with Crippen LogP contribution >= 0.6 is 0 Å². The van der Waals surface area contributed by atoms with Crippen molar-refractivity contribution in [3.05, 3.63) is 41.5 Å². The first kappa shape index (κ1) is 12.7. The number of Topliss-reactive ketones (excluding diaryl/α,β-unsaturated/α-hetero) is 1. The maximum Gasteiger partial charge on any atom is 0.160 e. The van der Waals surface area contributed by atoms with Gasteiger partial charge in [0.05, 0.1) is 0 Å². The zero-order valence-electron chi connectivity index (χ0n) is 10.8. The van der Waals surface area contributed by atoms with Gasteiger partial charge in [0.15, 0.2) is 5.78 Å². The van der Waals surface area contributed by atoms with E-state index < -0.39 is 0 Å². The predicted octanol–water partition coefficient (Wildman–Crippen LogP) is 4.22. The van der Waals surface area contributed by atoms with Crippen molar-refractivity contribution in [1.29, 1.82) is 0 Å². The van der Waals surface area contributed by atoms with Gasteiger partial charge in [0.25, 0.3) is 0 Å². The van der Waals surface area contributed by atoms with Gasteiger partial charge in [0, 0.05) is 5.56 Å². The molecule has 0 aliphatic rings. The van der Waals surface area contributed by atoms with Crippen molar-refractivity contribution in [3.8, 4) is 0 Å². The van der Waals surface area contributed by atoms with Crippen LogP contribution in [0.25, 0.3) is 5.57 Å². The van der Waals surface area contributed by atoms with E-state index in [0.717, 1.165) is 16.7 Å². The molecule has 1 heteroatoms. The number of hydrogen-bond acceptors (Lipinski definition) is 1. The van der Waals surface area contributed by atoms with Crippen molar-refractivity contribution in [3.63, 3.8) is 0 Å². The maximum atomic E-state index is 11.5. The van der Waals surface area contributed by atoms with E-state index in [-0.39, 0.29) is 11.2 Å². The van der Waals surface area contributed by atoms with Crippen molar-refractivity contribution in [2.75, 3.05) is 0 Å². The number of ketones is 1. The summed E-state index contributed by atoms with van der Waals surface area (Å²) in [6.45, 7) is 14.0. The lowest BCUT2D eigenvalue weighted by Crippen LogP contribution is -2.12. The Morgan fingerprint density at radius 3 is 2.06 bits per heavy atom. The highest BCUT2D eigenvalue weighted by molar-refractivity contribution is 5.98. The number of allylic oxidation sites excluding steroid dienone is 1. The van der Waals surface area contributed by atoms with Gasteiger partial charge in [-0.25, -0.2) is 0 Å². The van der Waals surface area contributed by atoms with E-state index >= 15 is 0 Å². The Morgan fingerprint density at radius 2 is 1.69 bits per heavy atom. The lowest BCUT2D eigenvalue weighted by molar-refractivity contribution is 0.101. The van der Waals surface area contributed by atoms with Crippen molar-refractivity contribution in [2.24, 2.45) is 0 Å². The molecular formula is C15H20O. The van der Waals surface area contributed by atoms with Crippen LogP contribution in [-0.2, 0) is 5.41 Å². The fraction of sp³-hybridized carbons (Fsp3) is 0.400. The van der Waals surface area contributed by atoms with E-state index in [9.17, 15) is 4.79 Å². The summed E-state index contributed by atoms with van der Waals surface area (Å²) < 4.78 is 0. The van der Waals surface area contributed by atoms with Crippen LogP contribution in [0.4, 0.5) is 0 Å². The molecule has 0 unspecified atom stereocenters. The molecule has 0 amide bonds. The molecule has 0 heterocycles. The third kappa shape index (κ3) is 2.60. The van der Waals surface area contributed by atoms with Crippen LogP contribution in [0.15, 0.2) is 24.8 Å². The summed E-state index contributed by atoms with van der Waals surface area (Å²) in [6, 6.07) is 6.02. The van der Waals surface area contributed by atoms with E-state index in [1.807, 2.05) is 19.1 Å². The fourth-order valence-corrected chi connectivity index (χ4v) is 1.67. The Hall–Kier alpha value is -1.37. The molecule has 0 fully saturated rings. The Labute approximate surface area is 98.2 Å². The molecule has 0 radical (unpaired) electrons. The number of carbonyl (C=O) groups is 1. The molecule has 0 saturated carbocycles. The minimum atomic E-state index is 0.0958. The highest BCUT2D eigenvalue weighted by Gasteiger charge is 2.16. The number of hydrogen-bond donors (Lipinski definition) is 0. The van der Waals surface area contributed by atoms with Gasteiger partial charge in [0.1, 0.15) is 0 Å². The van der Waals surface area contributed by atoms with Crippen LogP contribution in [0.1, 0.15) is 56.1 Å². The molecule has 0 aliphatic carbocycles. The molecule has 0 aliphatic heterocycles. The minimum Gasteiger partial charge on any atom is -0.294 e. The quantitative estimate of drug-likeness (QED) is 0.676. The largest absolute Gasteiger partial charge is 0.294 e. The second-order valence-corrected chi connectivity index (χ2v) is 5.35. The fourth-order valence-electron chi connectivity index (χ4n) is 1.67. The maximum absolute atomic E-state index is 11.5. The molecule has 16 heavy (non-hydrogen) atoms. The molecular weight excluding hydrogens is 196 g/mol. The summed E-state index contributed by atoms with van der Waals surface area (Å²) in [5.74, 6) is 0.0958. The molecule has 0 N–H and O–H groups in total. The average molecular weight is 216 g/mol. The molecule has 0 atom stereocenters. The van der Waals surface area contributed by atoms with Gasteiger partial charge in [-0.05, 0) is 30.4 Å². The minimum absolute atomic E-state index is 0.0958. The number of carbonyl (C=O) groups excluding carboxylic acids is 1. The second-order valence-electron chi connectivity index (χ2n) is 5.35. The third-order valence-corrected chi connectivity index (χ3v) is 2.72. The Kier molecular flexibility index (Phi) is 3.37. The standard InChI is InChI=1S/C15H20O/c1-10(2)14-9-12(15(4,5)6)7-8-13(14)11(3)16/h7-9H,1H2,2-6H3. The molecule has 1 rings (SSSR count). The van der Waals surface area contributed by atoms with Crippen molar-refractivity contribution < 1.29 is 4.79 Å². The van der Waals surface area contributed by atoms with Crippen molar-refractivity contribution in [2.45, 2.75) is 40.0 Å². The molecule has 1 nitrogen and oxygen atoms in total. The monoisotopic (exact) mass is 216 g/mol. The Bertz CT molecular complexity index is 433. The van der Waals surface area contributed by atoms with E-state index in [0.29, 0.717) is 0 Å². The second kappa shape index (κ2) is 4.25. The smallest absolute Gasteiger partial charge is 0.160 e. The van der Waals surface area contributed by atoms with Gasteiger partial charge in [-0.3, -0.25) is 4.79 Å². The SMILES string of the molecule is C=C(C)c1cc(C(C)(C)C)ccc1C(C)=O. The zero-order valence-corrected chi connectivity index (χ0v) is 10.8. The summed E-state index contributed by atoms with van der Waals surface area (Å²) in [7, 11) is 0. The normalized spacial score (nSPS) is 11.3. The summed E-state index contributed by atoms with van der Waals surface area (Å²) in [6.07, 6.45) is 0. The number of benzene rings is 1. The summed E-state index contributed by atoms with van der Waals surface area (Å²) >= 11 is 0. The molecule has 1 aromatic carbocycles. The van der Waals surface area contributed by atoms with E-state index in [4.69, 9.17) is 0 Å². The topological polar surface area (TPSA) is 17.1 Å². The highest BCUT2D eigenvalue weighted by Crippen LogP contribution is 2.27. The van der Waals surface area contributed by atoms with Gasteiger partial charge >= 0.3 is 0 Å². The van der Waals surface area contributed by atoms with Gasteiger partial charge in [0.2, 0.25) is 0 Å². The predicted molar refractivity (Wildman–Crippen MR) is 69.9 cm³/mol. The Morgan fingerprint density at radius 1 is 1.12 bits per heavy atom. The van der Waals surface area contributed by atoms with Gasteiger partial charge < -0.3 is 0 Å². The highest BCUT2D eigenvalue weighted by atomic mass is 16.1. The van der Waals surface area contributed by atoms with Crippen LogP contribution in [0.3, 0.4) is 0 Å². The summed E-state index contributed by atoms with van der Waals surface area (Å²) in [5.41, 5.74) is 4.01. The molecule has 0 bridgehead atoms. The van der Waals surface area contributed by atoms with E-state index in [1.165, 1.54) is 5.56 Å². The van der Waals surface area contributed by atoms with Crippen molar-refractivity contribution >= 4 is 11.4 Å². The zero-order chi connectivity index (χ0) is 12.5. The number of rotatable bonds is 2. The molecule has 0 aromatic heterocycles. The third-order valence-electron chi connectivity index (χ3n) is 2.72. The van der Waals surface area contributed by atoms with Gasteiger partial charge in [-0.1, -0.05) is 51.1 Å². The van der Waals surface area contributed by atoms with Crippen molar-refractivity contribution in [1.82, 2.24) is 0 Å². The first-order chi connectivity index (χ1) is 7.23. The lowest BCUT2D eigenvalue weighted by Gasteiger charge is -2.21. The lowest BCUT2D eigenvalue weighted by atomic mass is 9.84. The molecule has 0 spiro atoms. The van der Waals surface area contributed by atoms with Gasteiger partial charge in [-0.15, -0.1) is 0 Å². The molecule has 0 saturated heterocycles. The first-order valence-corrected chi connectivity index (χ1v) is 5.55. The molecule has 1 aromatic rings. The van der Waals surface area contributed by atoms with E-state index in [2.05, 4.69) is 33.4 Å². The van der Waals surface area contributed by atoms with E-state index in [1.54, 1.807) is 6.92 Å². The molecule has 86 valence electrons. The van der Waals surface area contributed by atoms with Crippen LogP contribution < -0.4 is 0 Å². The Balaban J connectivity index is 3.40. The van der Waals surface area contributed by atoms with Crippen LogP contribution in [0, 0.1) is 0 Å². The van der Waals surface area contributed by atoms with Crippen LogP contribution in [0.5, 0.6) is 0 Å². The van der Waals surface area contributed by atoms with Gasteiger partial charge in [-0.2, -0.15) is 0 Å². The first-order valence-electron chi connectivity index (χ1n) is 5.55. The average Bonchev–Trinajstić information content (AvgIpc) is 2.15.